The second-order valence-electron chi connectivity index (χ2n) is 4.68. The van der Waals surface area contributed by atoms with E-state index in [9.17, 15) is 0 Å². The van der Waals surface area contributed by atoms with Crippen LogP contribution < -0.4 is 0 Å². The van der Waals surface area contributed by atoms with Crippen LogP contribution in [0.2, 0.25) is 0 Å². The van der Waals surface area contributed by atoms with E-state index in [1.807, 2.05) is 6.21 Å². The van der Waals surface area contributed by atoms with Gasteiger partial charge < -0.3 is 0 Å². The molecule has 0 aromatic rings. The third kappa shape index (κ3) is 1.27. The van der Waals surface area contributed by atoms with Crippen molar-refractivity contribution in [1.82, 2.24) is 0 Å². The van der Waals surface area contributed by atoms with Crippen molar-refractivity contribution in [2.75, 3.05) is 0 Å². The number of aliphatic imine (C=N–C) groups is 1. The van der Waals surface area contributed by atoms with Gasteiger partial charge in [0.25, 0.3) is 0 Å². The van der Waals surface area contributed by atoms with E-state index in [-0.39, 0.29) is 0 Å². The molecule has 0 aromatic carbocycles. The summed E-state index contributed by atoms with van der Waals surface area (Å²) in [6.07, 6.45) is 5.55. The summed E-state index contributed by atoms with van der Waals surface area (Å²) >= 11 is 0. The smallest absolute Gasteiger partial charge is 0.0406 e. The van der Waals surface area contributed by atoms with Crippen molar-refractivity contribution in [2.45, 2.75) is 27.2 Å². The lowest BCUT2D eigenvalue weighted by molar-refractivity contribution is 0.631. The SMILES string of the molecule is C=C(C)C1(C)C[C@@H]1C1=CC(C)C=N1. The summed E-state index contributed by atoms with van der Waals surface area (Å²) in [6, 6.07) is 0. The summed E-state index contributed by atoms with van der Waals surface area (Å²) in [7, 11) is 0. The van der Waals surface area contributed by atoms with Crippen LogP contribution in [-0.2, 0) is 0 Å². The molecule has 1 heteroatoms. The van der Waals surface area contributed by atoms with Gasteiger partial charge in [-0.3, -0.25) is 4.99 Å². The quantitative estimate of drug-likeness (QED) is 0.571. The van der Waals surface area contributed by atoms with E-state index in [4.69, 9.17) is 0 Å². The Labute approximate surface area is 80.3 Å². The average molecular weight is 175 g/mol. The maximum Gasteiger partial charge on any atom is 0.0406 e. The Morgan fingerprint density at radius 1 is 1.69 bits per heavy atom. The van der Waals surface area contributed by atoms with E-state index in [1.54, 1.807) is 0 Å². The fourth-order valence-corrected chi connectivity index (χ4v) is 2.03. The third-order valence-electron chi connectivity index (χ3n) is 3.46. The van der Waals surface area contributed by atoms with Crippen molar-refractivity contribution in [1.29, 1.82) is 0 Å². The number of hydrogen-bond donors (Lipinski definition) is 0. The van der Waals surface area contributed by atoms with E-state index >= 15 is 0 Å². The molecule has 1 saturated carbocycles. The fraction of sp³-hybridized carbons (Fsp3) is 0.583. The van der Waals surface area contributed by atoms with Gasteiger partial charge in [-0.25, -0.2) is 0 Å². The van der Waals surface area contributed by atoms with Crippen LogP contribution in [0.1, 0.15) is 27.2 Å². The molecule has 0 saturated heterocycles. The predicted molar refractivity (Wildman–Crippen MR) is 56.8 cm³/mol. The number of allylic oxidation sites excluding steroid dienone is 3. The molecule has 0 radical (unpaired) electrons. The first kappa shape index (κ1) is 8.74. The molecule has 1 fully saturated rings. The molecule has 1 aliphatic carbocycles. The van der Waals surface area contributed by atoms with E-state index < -0.39 is 0 Å². The lowest BCUT2D eigenvalue weighted by atomic mass is 9.97. The molecule has 70 valence electrons. The van der Waals surface area contributed by atoms with Gasteiger partial charge in [0.1, 0.15) is 0 Å². The normalized spacial score (nSPS) is 41.9. The van der Waals surface area contributed by atoms with Gasteiger partial charge in [-0.2, -0.15) is 0 Å². The van der Waals surface area contributed by atoms with Crippen LogP contribution in [0.3, 0.4) is 0 Å². The highest BCUT2D eigenvalue weighted by Crippen LogP contribution is 2.60. The second kappa shape index (κ2) is 2.57. The summed E-state index contributed by atoms with van der Waals surface area (Å²) < 4.78 is 0. The molecule has 0 amide bonds. The van der Waals surface area contributed by atoms with Gasteiger partial charge in [0.05, 0.1) is 0 Å². The van der Waals surface area contributed by atoms with Crippen molar-refractivity contribution in [2.24, 2.45) is 22.2 Å². The molecule has 13 heavy (non-hydrogen) atoms. The molecule has 1 nitrogen and oxygen atoms in total. The largest absolute Gasteiger partial charge is 0.265 e. The van der Waals surface area contributed by atoms with Crippen molar-refractivity contribution < 1.29 is 0 Å². The van der Waals surface area contributed by atoms with E-state index in [0.717, 1.165) is 0 Å². The zero-order valence-corrected chi connectivity index (χ0v) is 8.67. The van der Waals surface area contributed by atoms with Crippen molar-refractivity contribution in [3.63, 3.8) is 0 Å². The molecular formula is C12H17N. The molecule has 2 aliphatic rings. The Morgan fingerprint density at radius 3 is 2.77 bits per heavy atom. The van der Waals surface area contributed by atoms with Gasteiger partial charge in [-0.05, 0) is 18.8 Å². The molecule has 0 bridgehead atoms. The second-order valence-corrected chi connectivity index (χ2v) is 4.68. The van der Waals surface area contributed by atoms with Crippen LogP contribution in [0.5, 0.6) is 0 Å². The van der Waals surface area contributed by atoms with Crippen molar-refractivity contribution in [3.8, 4) is 0 Å². The summed E-state index contributed by atoms with van der Waals surface area (Å²) in [6.45, 7) is 10.6. The Morgan fingerprint density at radius 2 is 2.38 bits per heavy atom. The van der Waals surface area contributed by atoms with Crippen molar-refractivity contribution >= 4 is 6.21 Å². The molecule has 1 aliphatic heterocycles. The highest BCUT2D eigenvalue weighted by molar-refractivity contribution is 5.68. The lowest BCUT2D eigenvalue weighted by Gasteiger charge is -2.09. The molecule has 0 spiro atoms. The van der Waals surface area contributed by atoms with Crippen LogP contribution in [-0.4, -0.2) is 6.21 Å². The van der Waals surface area contributed by atoms with Crippen LogP contribution >= 0.6 is 0 Å². The van der Waals surface area contributed by atoms with Crippen LogP contribution in [0.25, 0.3) is 0 Å². The van der Waals surface area contributed by atoms with Crippen molar-refractivity contribution in [3.05, 3.63) is 23.9 Å². The summed E-state index contributed by atoms with van der Waals surface area (Å²) in [5, 5.41) is 0. The first-order valence-electron chi connectivity index (χ1n) is 4.96. The molecule has 0 N–H and O–H groups in total. The molecule has 1 heterocycles. The predicted octanol–water partition coefficient (Wildman–Crippen LogP) is 3.19. The molecule has 2 unspecified atom stereocenters. The first-order chi connectivity index (χ1) is 6.04. The summed E-state index contributed by atoms with van der Waals surface area (Å²) in [5.41, 5.74) is 2.93. The standard InChI is InChI=1S/C12H17N/c1-8(2)12(4)6-10(12)11-5-9(3)7-13-11/h5,7,9-10H,1,6H2,2-4H3/t9?,10-,12?/m1/s1. The highest BCUT2D eigenvalue weighted by atomic mass is 14.8. The minimum Gasteiger partial charge on any atom is -0.265 e. The van der Waals surface area contributed by atoms with Gasteiger partial charge in [-0.1, -0.05) is 32.1 Å². The van der Waals surface area contributed by atoms with E-state index in [1.165, 1.54) is 17.7 Å². The van der Waals surface area contributed by atoms with Gasteiger partial charge in [-0.15, -0.1) is 0 Å². The summed E-state index contributed by atoms with van der Waals surface area (Å²) in [5.74, 6) is 1.18. The van der Waals surface area contributed by atoms with E-state index in [0.29, 0.717) is 17.3 Å². The fourth-order valence-electron chi connectivity index (χ4n) is 2.03. The molecule has 0 aromatic heterocycles. The Bertz CT molecular complexity index is 311. The van der Waals surface area contributed by atoms with Gasteiger partial charge >= 0.3 is 0 Å². The number of rotatable bonds is 2. The zero-order valence-electron chi connectivity index (χ0n) is 8.67. The minimum atomic E-state index is 0.341. The van der Waals surface area contributed by atoms with E-state index in [2.05, 4.69) is 38.4 Å². The van der Waals surface area contributed by atoms with Crippen LogP contribution in [0.15, 0.2) is 28.9 Å². The van der Waals surface area contributed by atoms with Gasteiger partial charge in [0.2, 0.25) is 0 Å². The topological polar surface area (TPSA) is 12.4 Å². The molecule has 2 rings (SSSR count). The monoisotopic (exact) mass is 175 g/mol. The maximum atomic E-state index is 4.45. The minimum absolute atomic E-state index is 0.341. The summed E-state index contributed by atoms with van der Waals surface area (Å²) in [4.78, 5) is 4.45. The Balaban J connectivity index is 2.12. The molecular weight excluding hydrogens is 158 g/mol. The van der Waals surface area contributed by atoms with Gasteiger partial charge in [0.15, 0.2) is 0 Å². The number of nitrogens with zero attached hydrogens (tertiary/aromatic N) is 1. The van der Waals surface area contributed by atoms with Crippen LogP contribution in [0.4, 0.5) is 0 Å². The number of hydrogen-bond acceptors (Lipinski definition) is 1. The Hall–Kier alpha value is -0.850. The maximum absolute atomic E-state index is 4.45. The average Bonchev–Trinajstić information content (AvgIpc) is 2.55. The first-order valence-corrected chi connectivity index (χ1v) is 4.96. The third-order valence-corrected chi connectivity index (χ3v) is 3.46. The van der Waals surface area contributed by atoms with Crippen LogP contribution in [0, 0.1) is 17.3 Å². The zero-order chi connectivity index (χ0) is 9.64. The molecule has 3 atom stereocenters. The highest BCUT2D eigenvalue weighted by Gasteiger charge is 2.52. The lowest BCUT2D eigenvalue weighted by Crippen LogP contribution is -1.99. The Kier molecular flexibility index (Phi) is 1.73. The van der Waals surface area contributed by atoms with Gasteiger partial charge in [0, 0.05) is 23.7 Å².